The van der Waals surface area contributed by atoms with Gasteiger partial charge in [0.2, 0.25) is 0 Å². The Morgan fingerprint density at radius 3 is 2.45 bits per heavy atom. The van der Waals surface area contributed by atoms with Crippen molar-refractivity contribution in [2.45, 2.75) is 33.1 Å². The van der Waals surface area contributed by atoms with Crippen LogP contribution in [0.25, 0.3) is 0 Å². The minimum atomic E-state index is -0.0330. The van der Waals surface area contributed by atoms with Crippen molar-refractivity contribution in [3.8, 4) is 5.75 Å². The number of carbonyl (C=O) groups is 1. The van der Waals surface area contributed by atoms with Crippen LogP contribution in [-0.2, 0) is 16.0 Å². The molecule has 1 aliphatic heterocycles. The van der Waals surface area contributed by atoms with Gasteiger partial charge in [0.15, 0.2) is 0 Å². The van der Waals surface area contributed by atoms with Gasteiger partial charge in [-0.2, -0.15) is 0 Å². The van der Waals surface area contributed by atoms with Crippen LogP contribution >= 0.6 is 0 Å². The lowest BCUT2D eigenvalue weighted by Crippen LogP contribution is -2.39. The molecule has 122 valence electrons. The lowest BCUT2D eigenvalue weighted by molar-refractivity contribution is -0.149. The third kappa shape index (κ3) is 5.02. The van der Waals surface area contributed by atoms with E-state index >= 15 is 0 Å². The maximum Gasteiger partial charge on any atom is 0.309 e. The Morgan fingerprint density at radius 2 is 1.86 bits per heavy atom. The van der Waals surface area contributed by atoms with Crippen molar-refractivity contribution in [3.63, 3.8) is 0 Å². The number of hydrogen-bond donors (Lipinski definition) is 0. The standard InChI is InChI=1S/C18H27NO3/c1-3-15-5-7-17(8-6-15)22-14-13-19-11-9-16(10-12-19)18(20)21-4-2/h5-8,16H,3-4,9-14H2,1-2H3. The maximum absolute atomic E-state index is 11.7. The molecule has 1 aliphatic rings. The fraction of sp³-hybridized carbons (Fsp3) is 0.611. The Labute approximate surface area is 133 Å². The minimum absolute atomic E-state index is 0.0330. The summed E-state index contributed by atoms with van der Waals surface area (Å²) in [6, 6.07) is 8.29. The molecule has 0 bridgehead atoms. The van der Waals surface area contributed by atoms with Crippen LogP contribution in [0.1, 0.15) is 32.3 Å². The molecule has 0 saturated carbocycles. The molecule has 22 heavy (non-hydrogen) atoms. The third-order valence-corrected chi connectivity index (χ3v) is 4.22. The van der Waals surface area contributed by atoms with Gasteiger partial charge in [0.1, 0.15) is 12.4 Å². The highest BCUT2D eigenvalue weighted by atomic mass is 16.5. The van der Waals surface area contributed by atoms with Gasteiger partial charge in [0.05, 0.1) is 12.5 Å². The lowest BCUT2D eigenvalue weighted by atomic mass is 9.97. The van der Waals surface area contributed by atoms with E-state index in [1.807, 2.05) is 19.1 Å². The molecule has 1 fully saturated rings. The van der Waals surface area contributed by atoms with E-state index in [0.717, 1.165) is 44.6 Å². The largest absolute Gasteiger partial charge is 0.492 e. The van der Waals surface area contributed by atoms with Crippen molar-refractivity contribution >= 4 is 5.97 Å². The molecule has 0 amide bonds. The van der Waals surface area contributed by atoms with E-state index in [0.29, 0.717) is 13.2 Å². The molecule has 1 saturated heterocycles. The van der Waals surface area contributed by atoms with Crippen LogP contribution in [0.3, 0.4) is 0 Å². The predicted octanol–water partition coefficient (Wildman–Crippen LogP) is 2.90. The molecule has 0 aromatic heterocycles. The van der Waals surface area contributed by atoms with Crippen molar-refractivity contribution < 1.29 is 14.3 Å². The predicted molar refractivity (Wildman–Crippen MR) is 87.1 cm³/mol. The number of carbonyl (C=O) groups excluding carboxylic acids is 1. The van der Waals surface area contributed by atoms with E-state index in [2.05, 4.69) is 24.0 Å². The van der Waals surface area contributed by atoms with Crippen molar-refractivity contribution in [2.24, 2.45) is 5.92 Å². The number of hydrogen-bond acceptors (Lipinski definition) is 4. The summed E-state index contributed by atoms with van der Waals surface area (Å²) >= 11 is 0. The molecule has 4 nitrogen and oxygen atoms in total. The van der Waals surface area contributed by atoms with E-state index < -0.39 is 0 Å². The number of likely N-dealkylation sites (tertiary alicyclic amines) is 1. The number of nitrogens with zero attached hydrogens (tertiary/aromatic N) is 1. The number of esters is 1. The Morgan fingerprint density at radius 1 is 1.18 bits per heavy atom. The SMILES string of the molecule is CCOC(=O)C1CCN(CCOc2ccc(CC)cc2)CC1. The summed E-state index contributed by atoms with van der Waals surface area (Å²) in [7, 11) is 0. The average molecular weight is 305 g/mol. The topological polar surface area (TPSA) is 38.8 Å². The number of aryl methyl sites for hydroxylation is 1. The molecule has 0 aliphatic carbocycles. The zero-order valence-corrected chi connectivity index (χ0v) is 13.7. The van der Waals surface area contributed by atoms with Crippen LogP contribution in [0.4, 0.5) is 0 Å². The second-order valence-electron chi connectivity index (χ2n) is 5.71. The summed E-state index contributed by atoms with van der Waals surface area (Å²) in [5, 5.41) is 0. The van der Waals surface area contributed by atoms with Crippen LogP contribution in [0.5, 0.6) is 5.75 Å². The van der Waals surface area contributed by atoms with E-state index in [1.54, 1.807) is 0 Å². The first kappa shape index (κ1) is 16.8. The number of rotatable bonds is 7. The smallest absolute Gasteiger partial charge is 0.309 e. The Kier molecular flexibility index (Phi) is 6.72. The van der Waals surface area contributed by atoms with Gasteiger partial charge in [-0.15, -0.1) is 0 Å². The van der Waals surface area contributed by atoms with E-state index in [9.17, 15) is 4.79 Å². The van der Waals surface area contributed by atoms with Gasteiger partial charge in [0, 0.05) is 6.54 Å². The van der Waals surface area contributed by atoms with Gasteiger partial charge in [-0.25, -0.2) is 0 Å². The fourth-order valence-corrected chi connectivity index (χ4v) is 2.77. The molecule has 0 N–H and O–H groups in total. The average Bonchev–Trinajstić information content (AvgIpc) is 2.56. The Balaban J connectivity index is 1.65. The normalized spacial score (nSPS) is 16.5. The van der Waals surface area contributed by atoms with Gasteiger partial charge >= 0.3 is 5.97 Å². The summed E-state index contributed by atoms with van der Waals surface area (Å²) < 4.78 is 10.9. The molecule has 1 aromatic carbocycles. The third-order valence-electron chi connectivity index (χ3n) is 4.22. The second kappa shape index (κ2) is 8.79. The van der Waals surface area contributed by atoms with E-state index in [4.69, 9.17) is 9.47 Å². The summed E-state index contributed by atoms with van der Waals surface area (Å²) in [6.07, 6.45) is 2.84. The van der Waals surface area contributed by atoms with Crippen LogP contribution in [0.2, 0.25) is 0 Å². The maximum atomic E-state index is 11.7. The molecule has 0 unspecified atom stereocenters. The summed E-state index contributed by atoms with van der Waals surface area (Å²) in [6.45, 7) is 7.97. The van der Waals surface area contributed by atoms with Gasteiger partial charge in [-0.3, -0.25) is 9.69 Å². The molecule has 4 heteroatoms. The highest BCUT2D eigenvalue weighted by Crippen LogP contribution is 2.18. The number of ether oxygens (including phenoxy) is 2. The monoisotopic (exact) mass is 305 g/mol. The van der Waals surface area contributed by atoms with Crippen LogP contribution in [0, 0.1) is 5.92 Å². The zero-order chi connectivity index (χ0) is 15.8. The van der Waals surface area contributed by atoms with Gasteiger partial charge in [-0.1, -0.05) is 19.1 Å². The van der Waals surface area contributed by atoms with Crippen molar-refractivity contribution in [2.75, 3.05) is 32.8 Å². The van der Waals surface area contributed by atoms with Crippen LogP contribution < -0.4 is 4.74 Å². The molecular weight excluding hydrogens is 278 g/mol. The molecule has 1 aromatic rings. The molecule has 0 radical (unpaired) electrons. The molecule has 0 spiro atoms. The van der Waals surface area contributed by atoms with Crippen molar-refractivity contribution in [1.82, 2.24) is 4.90 Å². The summed E-state index contributed by atoms with van der Waals surface area (Å²) in [4.78, 5) is 14.0. The number of piperidine rings is 1. The van der Waals surface area contributed by atoms with E-state index in [-0.39, 0.29) is 11.9 Å². The fourth-order valence-electron chi connectivity index (χ4n) is 2.77. The van der Waals surface area contributed by atoms with Gasteiger partial charge < -0.3 is 9.47 Å². The first-order valence-corrected chi connectivity index (χ1v) is 8.33. The second-order valence-corrected chi connectivity index (χ2v) is 5.71. The molecule has 0 atom stereocenters. The molecule has 1 heterocycles. The Bertz CT molecular complexity index is 450. The minimum Gasteiger partial charge on any atom is -0.492 e. The quantitative estimate of drug-likeness (QED) is 0.726. The molecule has 2 rings (SSSR count). The van der Waals surface area contributed by atoms with Crippen LogP contribution in [0.15, 0.2) is 24.3 Å². The highest BCUT2D eigenvalue weighted by molar-refractivity contribution is 5.72. The van der Waals surface area contributed by atoms with Gasteiger partial charge in [-0.05, 0) is 57.0 Å². The number of benzene rings is 1. The van der Waals surface area contributed by atoms with Gasteiger partial charge in [0.25, 0.3) is 0 Å². The first-order valence-electron chi connectivity index (χ1n) is 8.33. The van der Waals surface area contributed by atoms with Crippen LogP contribution in [-0.4, -0.2) is 43.7 Å². The van der Waals surface area contributed by atoms with Crippen molar-refractivity contribution in [1.29, 1.82) is 0 Å². The summed E-state index contributed by atoms with van der Waals surface area (Å²) in [5.74, 6) is 0.978. The first-order chi connectivity index (χ1) is 10.7. The Hall–Kier alpha value is -1.55. The summed E-state index contributed by atoms with van der Waals surface area (Å²) in [5.41, 5.74) is 1.33. The highest BCUT2D eigenvalue weighted by Gasteiger charge is 2.25. The van der Waals surface area contributed by atoms with E-state index in [1.165, 1.54) is 5.56 Å². The molecular formula is C18H27NO3. The lowest BCUT2D eigenvalue weighted by Gasteiger charge is -2.30. The van der Waals surface area contributed by atoms with Crippen molar-refractivity contribution in [3.05, 3.63) is 29.8 Å². The zero-order valence-electron chi connectivity index (χ0n) is 13.7.